The van der Waals surface area contributed by atoms with E-state index in [4.69, 9.17) is 4.74 Å². The SMILES string of the molecule is Cc1cc(C)c(NC(=O)[C@@H](C)OC(=O)c2c(F)cccc2F)c(C)c1. The van der Waals surface area contributed by atoms with E-state index >= 15 is 0 Å². The molecule has 25 heavy (non-hydrogen) atoms. The average Bonchev–Trinajstić information content (AvgIpc) is 2.50. The van der Waals surface area contributed by atoms with Gasteiger partial charge in [-0.3, -0.25) is 4.79 Å². The molecule has 2 aromatic carbocycles. The van der Waals surface area contributed by atoms with E-state index in [0.717, 1.165) is 34.9 Å². The fourth-order valence-electron chi connectivity index (χ4n) is 2.57. The van der Waals surface area contributed by atoms with Crippen molar-refractivity contribution in [3.8, 4) is 0 Å². The van der Waals surface area contributed by atoms with Crippen molar-refractivity contribution in [1.82, 2.24) is 0 Å². The van der Waals surface area contributed by atoms with Crippen LogP contribution in [0.1, 0.15) is 34.0 Å². The van der Waals surface area contributed by atoms with E-state index in [1.165, 1.54) is 6.92 Å². The van der Waals surface area contributed by atoms with Crippen LogP contribution in [0.2, 0.25) is 0 Å². The molecule has 0 aliphatic carbocycles. The third-order valence-electron chi connectivity index (χ3n) is 3.75. The first-order chi connectivity index (χ1) is 11.7. The molecule has 0 radical (unpaired) electrons. The fourth-order valence-corrected chi connectivity index (χ4v) is 2.57. The number of aryl methyl sites for hydroxylation is 3. The summed E-state index contributed by atoms with van der Waals surface area (Å²) in [6.45, 7) is 6.98. The normalized spacial score (nSPS) is 11.8. The molecule has 1 atom stereocenters. The molecule has 1 N–H and O–H groups in total. The number of halogens is 2. The molecule has 0 unspecified atom stereocenters. The standard InChI is InChI=1S/C19H19F2NO3/c1-10-8-11(2)17(12(3)9-10)22-18(23)13(4)25-19(24)16-14(20)6-5-7-15(16)21/h5-9,13H,1-4H3,(H,22,23)/t13-/m1/s1. The van der Waals surface area contributed by atoms with Crippen LogP contribution in [0.5, 0.6) is 0 Å². The smallest absolute Gasteiger partial charge is 0.344 e. The molecule has 132 valence electrons. The van der Waals surface area contributed by atoms with Crippen LogP contribution in [0.15, 0.2) is 30.3 Å². The highest BCUT2D eigenvalue weighted by molar-refractivity contribution is 5.98. The Kier molecular flexibility index (Phi) is 5.51. The summed E-state index contributed by atoms with van der Waals surface area (Å²) < 4.78 is 32.1. The minimum absolute atomic E-state index is 0.583. The van der Waals surface area contributed by atoms with Crippen molar-refractivity contribution in [2.45, 2.75) is 33.8 Å². The lowest BCUT2D eigenvalue weighted by molar-refractivity contribution is -0.123. The van der Waals surface area contributed by atoms with Gasteiger partial charge in [-0.25, -0.2) is 13.6 Å². The molecule has 0 spiro atoms. The second kappa shape index (κ2) is 7.42. The Hall–Kier alpha value is -2.76. The van der Waals surface area contributed by atoms with Gasteiger partial charge in [-0.1, -0.05) is 23.8 Å². The van der Waals surface area contributed by atoms with Crippen molar-refractivity contribution < 1.29 is 23.1 Å². The van der Waals surface area contributed by atoms with Gasteiger partial charge in [-0.15, -0.1) is 0 Å². The number of benzene rings is 2. The maximum atomic E-state index is 13.6. The second-order valence-electron chi connectivity index (χ2n) is 5.91. The molecule has 0 aromatic heterocycles. The van der Waals surface area contributed by atoms with Crippen LogP contribution in [0, 0.1) is 32.4 Å². The maximum Gasteiger partial charge on any atom is 0.344 e. The summed E-state index contributed by atoms with van der Waals surface area (Å²) in [5.41, 5.74) is 2.59. The molecular formula is C19H19F2NO3. The van der Waals surface area contributed by atoms with Gasteiger partial charge >= 0.3 is 5.97 Å². The highest BCUT2D eigenvalue weighted by Gasteiger charge is 2.24. The molecule has 0 aliphatic rings. The van der Waals surface area contributed by atoms with Gasteiger partial charge in [0.2, 0.25) is 0 Å². The zero-order valence-corrected chi connectivity index (χ0v) is 14.4. The Bertz CT molecular complexity index is 790. The largest absolute Gasteiger partial charge is 0.449 e. The first-order valence-electron chi connectivity index (χ1n) is 7.74. The van der Waals surface area contributed by atoms with E-state index in [1.54, 1.807) is 0 Å². The van der Waals surface area contributed by atoms with Crippen LogP contribution < -0.4 is 5.32 Å². The van der Waals surface area contributed by atoms with Crippen molar-refractivity contribution in [3.63, 3.8) is 0 Å². The molecule has 2 rings (SSSR count). The van der Waals surface area contributed by atoms with Gasteiger partial charge in [0.15, 0.2) is 6.10 Å². The molecule has 6 heteroatoms. The number of amides is 1. The molecule has 0 heterocycles. The third-order valence-corrected chi connectivity index (χ3v) is 3.75. The number of hydrogen-bond acceptors (Lipinski definition) is 3. The lowest BCUT2D eigenvalue weighted by Crippen LogP contribution is -2.31. The zero-order valence-electron chi connectivity index (χ0n) is 14.4. The summed E-state index contributed by atoms with van der Waals surface area (Å²) in [4.78, 5) is 24.2. The second-order valence-corrected chi connectivity index (χ2v) is 5.91. The van der Waals surface area contributed by atoms with Gasteiger partial charge in [-0.2, -0.15) is 0 Å². The van der Waals surface area contributed by atoms with Crippen molar-refractivity contribution >= 4 is 17.6 Å². The van der Waals surface area contributed by atoms with Gasteiger partial charge in [-0.05, 0) is 51.0 Å². The summed E-state index contributed by atoms with van der Waals surface area (Å²) in [5.74, 6) is -3.89. The number of hydrogen-bond donors (Lipinski definition) is 1. The van der Waals surface area contributed by atoms with E-state index in [9.17, 15) is 18.4 Å². The van der Waals surface area contributed by atoms with Crippen molar-refractivity contribution in [3.05, 3.63) is 64.2 Å². The third kappa shape index (κ3) is 4.21. The van der Waals surface area contributed by atoms with Gasteiger partial charge in [0.1, 0.15) is 17.2 Å². The van der Waals surface area contributed by atoms with E-state index in [-0.39, 0.29) is 0 Å². The predicted octanol–water partition coefficient (Wildman–Crippen LogP) is 4.07. The van der Waals surface area contributed by atoms with Crippen LogP contribution >= 0.6 is 0 Å². The lowest BCUT2D eigenvalue weighted by Gasteiger charge is -2.17. The number of carbonyl (C=O) groups excluding carboxylic acids is 2. The first kappa shape index (κ1) is 18.6. The molecule has 0 saturated heterocycles. The Morgan fingerprint density at radius 1 is 1.04 bits per heavy atom. The van der Waals surface area contributed by atoms with Crippen LogP contribution in [-0.2, 0) is 9.53 Å². The van der Waals surface area contributed by atoms with Gasteiger partial charge < -0.3 is 10.1 Å². The first-order valence-corrected chi connectivity index (χ1v) is 7.74. The minimum Gasteiger partial charge on any atom is -0.449 e. The van der Waals surface area contributed by atoms with Crippen molar-refractivity contribution in [1.29, 1.82) is 0 Å². The van der Waals surface area contributed by atoms with E-state index in [2.05, 4.69) is 5.32 Å². The number of anilines is 1. The predicted molar refractivity (Wildman–Crippen MR) is 90.5 cm³/mol. The van der Waals surface area contributed by atoms with Crippen molar-refractivity contribution in [2.75, 3.05) is 5.32 Å². The summed E-state index contributed by atoms with van der Waals surface area (Å²) in [5, 5.41) is 2.69. The Morgan fingerprint density at radius 3 is 2.08 bits per heavy atom. The van der Waals surface area contributed by atoms with Crippen LogP contribution in [-0.4, -0.2) is 18.0 Å². The number of carbonyl (C=O) groups is 2. The van der Waals surface area contributed by atoms with Gasteiger partial charge in [0, 0.05) is 5.69 Å². The molecule has 4 nitrogen and oxygen atoms in total. The Balaban J connectivity index is 2.12. The maximum absolute atomic E-state index is 13.6. The van der Waals surface area contributed by atoms with Crippen LogP contribution in [0.3, 0.4) is 0 Å². The zero-order chi connectivity index (χ0) is 18.7. The summed E-state index contributed by atoms with van der Waals surface area (Å²) in [6, 6.07) is 6.86. The summed E-state index contributed by atoms with van der Waals surface area (Å²) >= 11 is 0. The lowest BCUT2D eigenvalue weighted by atomic mass is 10.0. The molecule has 2 aromatic rings. The fraction of sp³-hybridized carbons (Fsp3) is 0.263. The van der Waals surface area contributed by atoms with Gasteiger partial charge in [0.05, 0.1) is 0 Å². The quantitative estimate of drug-likeness (QED) is 0.848. The summed E-state index contributed by atoms with van der Waals surface area (Å²) in [6.07, 6.45) is -1.22. The van der Waals surface area contributed by atoms with Gasteiger partial charge in [0.25, 0.3) is 5.91 Å². The number of nitrogens with one attached hydrogen (secondary N) is 1. The number of rotatable bonds is 4. The highest BCUT2D eigenvalue weighted by Crippen LogP contribution is 2.22. The Labute approximate surface area is 144 Å². The molecule has 0 bridgehead atoms. The monoisotopic (exact) mass is 347 g/mol. The molecular weight excluding hydrogens is 328 g/mol. The summed E-state index contributed by atoms with van der Waals surface area (Å²) in [7, 11) is 0. The molecule has 0 saturated carbocycles. The molecule has 0 fully saturated rings. The topological polar surface area (TPSA) is 55.4 Å². The van der Waals surface area contributed by atoms with Crippen molar-refractivity contribution in [2.24, 2.45) is 0 Å². The Morgan fingerprint density at radius 2 is 1.56 bits per heavy atom. The van der Waals surface area contributed by atoms with E-state index in [0.29, 0.717) is 5.69 Å². The highest BCUT2D eigenvalue weighted by atomic mass is 19.1. The number of ether oxygens (including phenoxy) is 1. The minimum atomic E-state index is -1.23. The van der Waals surface area contributed by atoms with Crippen LogP contribution in [0.25, 0.3) is 0 Å². The van der Waals surface area contributed by atoms with E-state index in [1.807, 2.05) is 32.9 Å². The number of esters is 1. The van der Waals surface area contributed by atoms with Crippen LogP contribution in [0.4, 0.5) is 14.5 Å². The van der Waals surface area contributed by atoms with E-state index < -0.39 is 35.2 Å². The molecule has 1 amide bonds. The molecule has 0 aliphatic heterocycles. The average molecular weight is 347 g/mol.